The highest BCUT2D eigenvalue weighted by Gasteiger charge is 2.31. The van der Waals surface area contributed by atoms with Crippen LogP contribution in [0.1, 0.15) is 24.0 Å². The van der Waals surface area contributed by atoms with Crippen molar-refractivity contribution in [3.8, 4) is 0 Å². The van der Waals surface area contributed by atoms with E-state index in [0.29, 0.717) is 0 Å². The number of rotatable bonds is 7. The summed E-state index contributed by atoms with van der Waals surface area (Å²) in [5.74, 6) is -0.288. The van der Waals surface area contributed by atoms with Crippen LogP contribution in [0.2, 0.25) is 0 Å². The van der Waals surface area contributed by atoms with Gasteiger partial charge in [-0.25, -0.2) is 8.42 Å². The van der Waals surface area contributed by atoms with Crippen molar-refractivity contribution in [1.29, 1.82) is 0 Å². The Labute approximate surface area is 164 Å². The lowest BCUT2D eigenvalue weighted by molar-refractivity contribution is -0.122. The van der Waals surface area contributed by atoms with E-state index in [2.05, 4.69) is 15.0 Å². The summed E-state index contributed by atoms with van der Waals surface area (Å²) in [5, 5.41) is 3.91. The Kier molecular flexibility index (Phi) is 4.95. The van der Waals surface area contributed by atoms with Crippen LogP contribution in [0.3, 0.4) is 0 Å². The molecular weight excluding hydrogens is 374 g/mol. The Bertz CT molecular complexity index is 1120. The molecule has 2 aromatic carbocycles. The van der Waals surface area contributed by atoms with Gasteiger partial charge in [-0.15, -0.1) is 0 Å². The van der Waals surface area contributed by atoms with E-state index in [1.807, 2.05) is 43.5 Å². The number of hydrogen-bond acceptors (Lipinski definition) is 3. The first-order valence-electron chi connectivity index (χ1n) is 9.37. The van der Waals surface area contributed by atoms with E-state index < -0.39 is 16.1 Å². The molecule has 1 heterocycles. The first-order chi connectivity index (χ1) is 13.4. The minimum atomic E-state index is -3.82. The van der Waals surface area contributed by atoms with Gasteiger partial charge in [0.2, 0.25) is 15.9 Å². The van der Waals surface area contributed by atoms with Crippen LogP contribution in [0, 0.1) is 6.92 Å². The molecule has 0 unspecified atom stereocenters. The molecule has 1 aliphatic rings. The number of aromatic amines is 1. The Morgan fingerprint density at radius 1 is 1.18 bits per heavy atom. The third-order valence-electron chi connectivity index (χ3n) is 4.94. The van der Waals surface area contributed by atoms with Crippen LogP contribution in [0.5, 0.6) is 0 Å². The van der Waals surface area contributed by atoms with Crippen LogP contribution in [-0.4, -0.2) is 31.4 Å². The first kappa shape index (κ1) is 18.7. The number of carbonyl (C=O) groups is 1. The second kappa shape index (κ2) is 7.41. The smallest absolute Gasteiger partial charge is 0.241 e. The molecule has 1 saturated carbocycles. The van der Waals surface area contributed by atoms with Crippen molar-refractivity contribution in [2.24, 2.45) is 0 Å². The molecule has 1 amide bonds. The summed E-state index contributed by atoms with van der Waals surface area (Å²) in [5.41, 5.74) is 2.71. The quantitative estimate of drug-likeness (QED) is 0.572. The summed E-state index contributed by atoms with van der Waals surface area (Å²) in [6.45, 7) is 1.84. The molecule has 28 heavy (non-hydrogen) atoms. The number of hydrogen-bond donors (Lipinski definition) is 3. The van der Waals surface area contributed by atoms with Crippen molar-refractivity contribution in [3.05, 3.63) is 65.9 Å². The average Bonchev–Trinajstić information content (AvgIpc) is 3.39. The zero-order valence-electron chi connectivity index (χ0n) is 15.6. The van der Waals surface area contributed by atoms with Crippen molar-refractivity contribution in [1.82, 2.24) is 15.0 Å². The predicted octanol–water partition coefficient (Wildman–Crippen LogP) is 2.64. The Morgan fingerprint density at radius 3 is 2.71 bits per heavy atom. The molecule has 7 heteroatoms. The molecule has 6 nitrogen and oxygen atoms in total. The Hall–Kier alpha value is -2.64. The molecule has 0 bridgehead atoms. The molecule has 0 saturated heterocycles. The van der Waals surface area contributed by atoms with Crippen LogP contribution in [0.25, 0.3) is 10.9 Å². The molecule has 1 atom stereocenters. The van der Waals surface area contributed by atoms with Crippen molar-refractivity contribution < 1.29 is 13.2 Å². The Morgan fingerprint density at radius 2 is 1.96 bits per heavy atom. The fourth-order valence-corrected chi connectivity index (χ4v) is 4.58. The van der Waals surface area contributed by atoms with Crippen molar-refractivity contribution in [2.45, 2.75) is 43.2 Å². The van der Waals surface area contributed by atoms with Crippen LogP contribution in [-0.2, 0) is 21.2 Å². The third-order valence-corrected chi connectivity index (χ3v) is 6.41. The van der Waals surface area contributed by atoms with Gasteiger partial charge in [0.15, 0.2) is 0 Å². The zero-order chi connectivity index (χ0) is 19.7. The molecule has 0 spiro atoms. The molecule has 3 N–H and O–H groups in total. The summed E-state index contributed by atoms with van der Waals surface area (Å²) >= 11 is 0. The topological polar surface area (TPSA) is 91.1 Å². The van der Waals surface area contributed by atoms with Gasteiger partial charge in [-0.1, -0.05) is 30.3 Å². The number of amides is 1. The highest BCUT2D eigenvalue weighted by molar-refractivity contribution is 7.89. The van der Waals surface area contributed by atoms with Gasteiger partial charge in [-0.05, 0) is 55.5 Å². The number of benzene rings is 2. The van der Waals surface area contributed by atoms with E-state index in [-0.39, 0.29) is 23.3 Å². The summed E-state index contributed by atoms with van der Waals surface area (Å²) in [4.78, 5) is 16.1. The molecule has 1 aromatic heterocycles. The van der Waals surface area contributed by atoms with E-state index >= 15 is 0 Å². The van der Waals surface area contributed by atoms with Crippen molar-refractivity contribution in [2.75, 3.05) is 0 Å². The molecule has 3 aromatic rings. The maximum absolute atomic E-state index is 12.9. The second-order valence-electron chi connectivity index (χ2n) is 7.34. The van der Waals surface area contributed by atoms with E-state index in [9.17, 15) is 13.2 Å². The fourth-order valence-electron chi connectivity index (χ4n) is 3.28. The van der Waals surface area contributed by atoms with Gasteiger partial charge in [-0.2, -0.15) is 4.72 Å². The van der Waals surface area contributed by atoms with Crippen LogP contribution < -0.4 is 10.0 Å². The van der Waals surface area contributed by atoms with Crippen LogP contribution in [0.15, 0.2) is 59.6 Å². The number of aryl methyl sites for hydroxylation is 1. The molecule has 146 valence electrons. The van der Waals surface area contributed by atoms with Gasteiger partial charge >= 0.3 is 0 Å². The van der Waals surface area contributed by atoms with Crippen LogP contribution >= 0.6 is 0 Å². The summed E-state index contributed by atoms with van der Waals surface area (Å²) in [6.07, 6.45) is 3.99. The fraction of sp³-hybridized carbons (Fsp3) is 0.286. The minimum absolute atomic E-state index is 0.154. The van der Waals surface area contributed by atoms with Gasteiger partial charge in [0.25, 0.3) is 0 Å². The number of sulfonamides is 1. The lowest BCUT2D eigenvalue weighted by atomic mass is 10.1. The van der Waals surface area contributed by atoms with Gasteiger partial charge in [-0.3, -0.25) is 4.79 Å². The van der Waals surface area contributed by atoms with Gasteiger partial charge in [0.1, 0.15) is 6.04 Å². The second-order valence-corrected chi connectivity index (χ2v) is 9.05. The number of nitrogens with one attached hydrogen (secondary N) is 3. The number of H-pyrrole nitrogens is 1. The Balaban J connectivity index is 1.62. The first-order valence-corrected chi connectivity index (χ1v) is 10.8. The summed E-state index contributed by atoms with van der Waals surface area (Å²) in [6, 6.07) is 13.7. The van der Waals surface area contributed by atoms with E-state index in [1.54, 1.807) is 12.1 Å². The van der Waals surface area contributed by atoms with Gasteiger partial charge in [0.05, 0.1) is 4.90 Å². The molecule has 4 rings (SSSR count). The maximum Gasteiger partial charge on any atom is 0.241 e. The predicted molar refractivity (Wildman–Crippen MR) is 108 cm³/mol. The van der Waals surface area contributed by atoms with E-state index in [0.717, 1.165) is 34.9 Å². The van der Waals surface area contributed by atoms with Gasteiger partial charge in [0, 0.05) is 23.1 Å². The average molecular weight is 398 g/mol. The highest BCUT2D eigenvalue weighted by atomic mass is 32.2. The third kappa shape index (κ3) is 4.10. The number of fused-ring (bicyclic) bond motifs is 1. The highest BCUT2D eigenvalue weighted by Crippen LogP contribution is 2.22. The number of aromatic nitrogens is 1. The molecular formula is C21H23N3O3S. The normalized spacial score (nSPS) is 15.5. The lowest BCUT2D eigenvalue weighted by Crippen LogP contribution is -2.48. The van der Waals surface area contributed by atoms with Gasteiger partial charge < -0.3 is 10.3 Å². The molecule has 0 radical (unpaired) electrons. The zero-order valence-corrected chi connectivity index (χ0v) is 16.4. The largest absolute Gasteiger partial charge is 0.361 e. The maximum atomic E-state index is 12.9. The standard InChI is InChI=1S/C21H23N3O3S/c1-14-5-4-6-17(11-14)28(26,27)24-20(21(25)23-16-9-10-16)12-15-13-22-19-8-3-2-7-18(15)19/h2-8,11,13,16,20,22,24H,9-10,12H2,1H3,(H,23,25)/t20-/m0/s1. The lowest BCUT2D eigenvalue weighted by Gasteiger charge is -2.18. The summed E-state index contributed by atoms with van der Waals surface area (Å²) in [7, 11) is -3.82. The number of carbonyl (C=O) groups excluding carboxylic acids is 1. The molecule has 0 aliphatic heterocycles. The van der Waals surface area contributed by atoms with E-state index in [4.69, 9.17) is 0 Å². The number of para-hydroxylation sites is 1. The summed E-state index contributed by atoms with van der Waals surface area (Å²) < 4.78 is 28.4. The molecule has 1 fully saturated rings. The monoisotopic (exact) mass is 397 g/mol. The minimum Gasteiger partial charge on any atom is -0.361 e. The van der Waals surface area contributed by atoms with Crippen LogP contribution in [0.4, 0.5) is 0 Å². The van der Waals surface area contributed by atoms with Crippen molar-refractivity contribution in [3.63, 3.8) is 0 Å². The molecule has 1 aliphatic carbocycles. The van der Waals surface area contributed by atoms with E-state index in [1.165, 1.54) is 6.07 Å². The van der Waals surface area contributed by atoms with Crippen molar-refractivity contribution >= 4 is 26.8 Å². The SMILES string of the molecule is Cc1cccc(S(=O)(=O)N[C@@H](Cc2c[nH]c3ccccc23)C(=O)NC2CC2)c1.